The van der Waals surface area contributed by atoms with Crippen LogP contribution < -0.4 is 5.73 Å². The molecular formula is C5H12IN. The van der Waals surface area contributed by atoms with E-state index in [9.17, 15) is 0 Å². The summed E-state index contributed by atoms with van der Waals surface area (Å²) in [5, 5.41) is 0. The van der Waals surface area contributed by atoms with E-state index < -0.39 is 0 Å². The van der Waals surface area contributed by atoms with Gasteiger partial charge in [-0.05, 0) is 4.01 Å². The number of alkyl halides is 1. The first kappa shape index (κ1) is 7.56. The molecule has 44 valence electrons. The smallest absolute Gasteiger partial charge is 0.0160 e. The average Bonchev–Trinajstić information content (AvgIpc) is 1.61. The minimum atomic E-state index is 0.315. The van der Waals surface area contributed by atoms with Gasteiger partial charge in [-0.15, -0.1) is 20.7 Å². The van der Waals surface area contributed by atoms with E-state index >= 15 is 0 Å². The highest BCUT2D eigenvalue weighted by atomic mass is 127. The van der Waals surface area contributed by atoms with Gasteiger partial charge in [-0.25, -0.2) is 0 Å². The molecule has 7 heavy (non-hydrogen) atoms. The predicted octanol–water partition coefficient (Wildman–Crippen LogP) is 1.13. The third-order valence-electron chi connectivity index (χ3n) is 0.430. The molecule has 0 aromatic heterocycles. The number of hydrogen-bond acceptors (Lipinski definition) is 1. The second kappa shape index (κ2) is 4.71. The van der Waals surface area contributed by atoms with Gasteiger partial charge in [0.2, 0.25) is 0 Å². The van der Waals surface area contributed by atoms with E-state index in [1.54, 1.807) is 0 Å². The summed E-state index contributed by atoms with van der Waals surface area (Å²) in [6.45, 7) is 5.24. The lowest BCUT2D eigenvalue weighted by atomic mass is 10.6. The second-order valence-electron chi connectivity index (χ2n) is 1.53. The summed E-state index contributed by atoms with van der Waals surface area (Å²) in [5.74, 6) is 0. The lowest BCUT2D eigenvalue weighted by molar-refractivity contribution is 1.16. The van der Waals surface area contributed by atoms with E-state index in [1.807, 2.05) is 0 Å². The first-order chi connectivity index (χ1) is 3.27. The van der Waals surface area contributed by atoms with E-state index in [-0.39, 0.29) is 0 Å². The van der Waals surface area contributed by atoms with E-state index in [2.05, 4.69) is 17.9 Å². The summed E-state index contributed by atoms with van der Waals surface area (Å²) in [6, 6.07) is 0. The van der Waals surface area contributed by atoms with Crippen LogP contribution in [0, 0.1) is 0 Å². The Hall–Kier alpha value is 0.560. The molecule has 0 saturated carbocycles. The normalized spacial score (nSPS) is 12.6. The first-order valence-corrected chi connectivity index (χ1v) is 4.90. The summed E-state index contributed by atoms with van der Waals surface area (Å²) in [6.07, 6.45) is 0. The molecule has 0 heterocycles. The molecule has 0 aliphatic rings. The van der Waals surface area contributed by atoms with E-state index in [0.29, 0.717) is 20.7 Å². The SMILES string of the molecule is CC(C)I=CCN. The minimum absolute atomic E-state index is 0.315. The summed E-state index contributed by atoms with van der Waals surface area (Å²) >= 11 is 0.315. The topological polar surface area (TPSA) is 26.0 Å². The van der Waals surface area contributed by atoms with Gasteiger partial charge in [0.15, 0.2) is 0 Å². The highest BCUT2D eigenvalue weighted by Gasteiger charge is 1.79. The molecule has 0 rings (SSSR count). The second-order valence-corrected chi connectivity index (χ2v) is 5.62. The van der Waals surface area contributed by atoms with Crippen LogP contribution in [0.15, 0.2) is 0 Å². The van der Waals surface area contributed by atoms with Gasteiger partial charge in [0.05, 0.1) is 0 Å². The fourth-order valence-corrected chi connectivity index (χ4v) is 1.54. The van der Waals surface area contributed by atoms with Crippen LogP contribution in [0.2, 0.25) is 0 Å². The first-order valence-electron chi connectivity index (χ1n) is 2.41. The Labute approximate surface area is 55.0 Å². The van der Waals surface area contributed by atoms with Crippen molar-refractivity contribution in [1.29, 1.82) is 0 Å². The summed E-state index contributed by atoms with van der Waals surface area (Å²) < 4.78 is 3.09. The lowest BCUT2D eigenvalue weighted by Crippen LogP contribution is -1.97. The highest BCUT2D eigenvalue weighted by Crippen LogP contribution is 2.03. The van der Waals surface area contributed by atoms with Crippen LogP contribution in [0.5, 0.6) is 0 Å². The number of hydrogen-bond donors (Lipinski definition) is 1. The molecule has 0 aromatic carbocycles. The fraction of sp³-hybridized carbons (Fsp3) is 0.800. The molecule has 1 nitrogen and oxygen atoms in total. The van der Waals surface area contributed by atoms with Gasteiger partial charge in [-0.1, -0.05) is 13.8 Å². The van der Waals surface area contributed by atoms with Crippen LogP contribution in [0.4, 0.5) is 0 Å². The minimum Gasteiger partial charge on any atom is -0.327 e. The third-order valence-corrected chi connectivity index (χ3v) is 2.89. The zero-order valence-electron chi connectivity index (χ0n) is 4.82. The molecule has 0 atom stereocenters. The molecule has 0 bridgehead atoms. The zero-order chi connectivity index (χ0) is 5.70. The van der Waals surface area contributed by atoms with Gasteiger partial charge in [0, 0.05) is 10.5 Å². The Balaban J connectivity index is 3.08. The maximum absolute atomic E-state index is 5.25. The van der Waals surface area contributed by atoms with Gasteiger partial charge in [0.1, 0.15) is 0 Å². The molecular weight excluding hydrogens is 201 g/mol. The Kier molecular flexibility index (Phi) is 5.09. The maximum atomic E-state index is 5.25. The largest absolute Gasteiger partial charge is 0.327 e. The predicted molar refractivity (Wildman–Crippen MR) is 44.3 cm³/mol. The summed E-state index contributed by atoms with van der Waals surface area (Å²) in [4.78, 5) is 0. The molecule has 0 unspecified atom stereocenters. The quantitative estimate of drug-likeness (QED) is 0.540. The number of nitrogens with two attached hydrogens (primary N) is 1. The van der Waals surface area contributed by atoms with Crippen molar-refractivity contribution in [3.05, 3.63) is 0 Å². The maximum Gasteiger partial charge on any atom is 0.0160 e. The number of halogens is 1. The lowest BCUT2D eigenvalue weighted by Gasteiger charge is -1.88. The summed E-state index contributed by atoms with van der Waals surface area (Å²) in [7, 11) is 0. The van der Waals surface area contributed by atoms with Gasteiger partial charge >= 0.3 is 0 Å². The molecule has 2 N–H and O–H groups in total. The Bertz CT molecular complexity index is 59.1. The van der Waals surface area contributed by atoms with Gasteiger partial charge < -0.3 is 5.73 Å². The van der Waals surface area contributed by atoms with Gasteiger partial charge in [0.25, 0.3) is 0 Å². The van der Waals surface area contributed by atoms with Crippen LogP contribution in [0.25, 0.3) is 0 Å². The molecule has 0 aromatic rings. The van der Waals surface area contributed by atoms with Crippen LogP contribution in [-0.2, 0) is 0 Å². The van der Waals surface area contributed by atoms with Gasteiger partial charge in [-0.3, -0.25) is 0 Å². The van der Waals surface area contributed by atoms with E-state index in [4.69, 9.17) is 5.73 Å². The summed E-state index contributed by atoms with van der Waals surface area (Å²) in [5.41, 5.74) is 5.25. The number of rotatable bonds is 2. The van der Waals surface area contributed by atoms with Crippen molar-refractivity contribution < 1.29 is 0 Å². The Morgan fingerprint density at radius 2 is 2.29 bits per heavy atom. The molecule has 0 fully saturated rings. The molecule has 0 aliphatic carbocycles. The van der Waals surface area contributed by atoms with Crippen molar-refractivity contribution in [1.82, 2.24) is 0 Å². The molecule has 2 heteroatoms. The molecule has 0 spiro atoms. The van der Waals surface area contributed by atoms with Crippen LogP contribution >= 0.6 is 20.7 Å². The van der Waals surface area contributed by atoms with Crippen molar-refractivity contribution >= 4 is 24.7 Å². The van der Waals surface area contributed by atoms with Crippen molar-refractivity contribution in [3.8, 4) is 0 Å². The average molecular weight is 213 g/mol. The molecule has 0 aliphatic heterocycles. The zero-order valence-corrected chi connectivity index (χ0v) is 6.97. The molecule has 0 radical (unpaired) electrons. The Morgan fingerprint density at radius 1 is 1.71 bits per heavy atom. The molecule has 0 amide bonds. The van der Waals surface area contributed by atoms with Crippen molar-refractivity contribution in [2.24, 2.45) is 5.73 Å². The van der Waals surface area contributed by atoms with Crippen LogP contribution in [0.1, 0.15) is 13.8 Å². The highest BCUT2D eigenvalue weighted by molar-refractivity contribution is 14.2. The van der Waals surface area contributed by atoms with Gasteiger partial charge in [-0.2, -0.15) is 0 Å². The van der Waals surface area contributed by atoms with Crippen molar-refractivity contribution in [2.45, 2.75) is 17.8 Å². The van der Waals surface area contributed by atoms with Crippen LogP contribution in [-0.4, -0.2) is 14.5 Å². The fourth-order valence-electron chi connectivity index (χ4n) is 0.230. The van der Waals surface area contributed by atoms with Crippen LogP contribution in [0.3, 0.4) is 0 Å². The standard InChI is InChI=1S/C5H12IN/c1-5(2)6-3-4-7/h3,5H,4,7H2,1-2H3. The third kappa shape index (κ3) is 6.56. The molecule has 0 saturated heterocycles. The monoisotopic (exact) mass is 213 g/mol. The van der Waals surface area contributed by atoms with Crippen molar-refractivity contribution in [3.63, 3.8) is 0 Å². The Morgan fingerprint density at radius 3 is 2.43 bits per heavy atom. The van der Waals surface area contributed by atoms with E-state index in [0.717, 1.165) is 10.5 Å². The van der Waals surface area contributed by atoms with E-state index in [1.165, 1.54) is 0 Å². The van der Waals surface area contributed by atoms with Crippen molar-refractivity contribution in [2.75, 3.05) is 6.54 Å².